The van der Waals surface area contributed by atoms with E-state index in [1.807, 2.05) is 38.1 Å². The average molecular weight is 462 g/mol. The lowest BCUT2D eigenvalue weighted by Gasteiger charge is -2.21. The lowest BCUT2D eigenvalue weighted by Crippen LogP contribution is -2.34. The third-order valence-electron chi connectivity index (χ3n) is 6.22. The van der Waals surface area contributed by atoms with Crippen LogP contribution < -0.4 is 10.3 Å². The highest BCUT2D eigenvalue weighted by Gasteiger charge is 2.28. The standard InChI is InChI=1S/C26H27N3O5/c1-17-6-4-8-20(18(17)2)25(31)28-11-9-21-24(26(32)33-3)22(14-23(30)29(21)13-12-28)34-16-19-7-5-10-27-15-19/h4-8,10,14-15H,9,11-13,16H2,1-3H3. The molecule has 0 spiro atoms. The monoisotopic (exact) mass is 461 g/mol. The van der Waals surface area contributed by atoms with Gasteiger partial charge in [0, 0.05) is 61.3 Å². The number of carbonyl (C=O) groups excluding carboxylic acids is 2. The molecule has 176 valence electrons. The van der Waals surface area contributed by atoms with Crippen LogP contribution in [0.4, 0.5) is 0 Å². The van der Waals surface area contributed by atoms with Gasteiger partial charge in [0.05, 0.1) is 7.11 Å². The fraction of sp³-hybridized carbons (Fsp3) is 0.308. The summed E-state index contributed by atoms with van der Waals surface area (Å²) >= 11 is 0. The zero-order valence-corrected chi connectivity index (χ0v) is 19.5. The van der Waals surface area contributed by atoms with Gasteiger partial charge < -0.3 is 18.9 Å². The van der Waals surface area contributed by atoms with Crippen LogP contribution in [-0.2, 0) is 24.3 Å². The number of carbonyl (C=O) groups is 2. The van der Waals surface area contributed by atoms with Crippen molar-refractivity contribution in [2.45, 2.75) is 33.4 Å². The lowest BCUT2D eigenvalue weighted by molar-refractivity contribution is 0.0592. The number of ether oxygens (including phenoxy) is 2. The van der Waals surface area contributed by atoms with Crippen molar-refractivity contribution in [3.05, 3.63) is 92.7 Å². The highest BCUT2D eigenvalue weighted by atomic mass is 16.5. The van der Waals surface area contributed by atoms with Crippen molar-refractivity contribution in [3.63, 3.8) is 0 Å². The molecule has 0 fully saturated rings. The summed E-state index contributed by atoms with van der Waals surface area (Å²) in [6.45, 7) is 5.05. The van der Waals surface area contributed by atoms with Crippen LogP contribution >= 0.6 is 0 Å². The Labute approximate surface area is 197 Å². The molecule has 0 atom stereocenters. The van der Waals surface area contributed by atoms with Gasteiger partial charge >= 0.3 is 5.97 Å². The van der Waals surface area contributed by atoms with Crippen molar-refractivity contribution < 1.29 is 19.1 Å². The minimum Gasteiger partial charge on any atom is -0.488 e. The SMILES string of the molecule is COC(=O)c1c(OCc2cccnc2)cc(=O)n2c1CCN(C(=O)c1cccc(C)c1C)CC2. The van der Waals surface area contributed by atoms with E-state index in [2.05, 4.69) is 4.98 Å². The molecule has 1 amide bonds. The van der Waals surface area contributed by atoms with E-state index in [9.17, 15) is 14.4 Å². The first kappa shape index (κ1) is 23.2. The van der Waals surface area contributed by atoms with Crippen LogP contribution in [0.3, 0.4) is 0 Å². The number of amides is 1. The molecular weight excluding hydrogens is 434 g/mol. The second-order valence-corrected chi connectivity index (χ2v) is 8.25. The number of methoxy groups -OCH3 is 1. The van der Waals surface area contributed by atoms with Gasteiger partial charge in [-0.15, -0.1) is 0 Å². The maximum Gasteiger partial charge on any atom is 0.343 e. The molecule has 0 bridgehead atoms. The lowest BCUT2D eigenvalue weighted by atomic mass is 10.0. The van der Waals surface area contributed by atoms with E-state index in [0.717, 1.165) is 16.7 Å². The summed E-state index contributed by atoms with van der Waals surface area (Å²) in [5.41, 5.74) is 3.87. The van der Waals surface area contributed by atoms with Gasteiger partial charge in [0.15, 0.2) is 0 Å². The normalized spacial score (nSPS) is 13.1. The summed E-state index contributed by atoms with van der Waals surface area (Å²) in [6.07, 6.45) is 3.63. The first-order chi connectivity index (χ1) is 16.4. The van der Waals surface area contributed by atoms with E-state index in [0.29, 0.717) is 30.8 Å². The minimum atomic E-state index is -0.584. The molecular formula is C26H27N3O5. The van der Waals surface area contributed by atoms with E-state index in [1.54, 1.807) is 27.9 Å². The smallest absolute Gasteiger partial charge is 0.343 e. The van der Waals surface area contributed by atoms with Crippen molar-refractivity contribution in [1.82, 2.24) is 14.5 Å². The number of hydrogen-bond acceptors (Lipinski definition) is 6. The van der Waals surface area contributed by atoms with Crippen LogP contribution in [0.15, 0.2) is 53.6 Å². The summed E-state index contributed by atoms with van der Waals surface area (Å²) in [6, 6.07) is 10.6. The molecule has 4 rings (SSSR count). The van der Waals surface area contributed by atoms with E-state index < -0.39 is 5.97 Å². The summed E-state index contributed by atoms with van der Waals surface area (Å²) in [4.78, 5) is 44.8. The Balaban J connectivity index is 1.65. The zero-order chi connectivity index (χ0) is 24.2. The number of pyridine rings is 2. The number of nitrogens with zero attached hydrogens (tertiary/aromatic N) is 3. The van der Waals surface area contributed by atoms with Crippen molar-refractivity contribution >= 4 is 11.9 Å². The molecule has 0 saturated carbocycles. The summed E-state index contributed by atoms with van der Waals surface area (Å²) in [5.74, 6) is -0.504. The molecule has 8 heteroatoms. The van der Waals surface area contributed by atoms with Crippen LogP contribution in [0.2, 0.25) is 0 Å². The second-order valence-electron chi connectivity index (χ2n) is 8.25. The van der Waals surface area contributed by atoms with Crippen LogP contribution in [0.25, 0.3) is 0 Å². The molecule has 3 aromatic rings. The van der Waals surface area contributed by atoms with E-state index in [-0.39, 0.29) is 35.9 Å². The van der Waals surface area contributed by atoms with Crippen molar-refractivity contribution in [2.75, 3.05) is 20.2 Å². The quantitative estimate of drug-likeness (QED) is 0.543. The number of aryl methyl sites for hydroxylation is 1. The van der Waals surface area contributed by atoms with Gasteiger partial charge in [0.2, 0.25) is 0 Å². The number of esters is 1. The van der Waals surface area contributed by atoms with E-state index >= 15 is 0 Å². The first-order valence-corrected chi connectivity index (χ1v) is 11.1. The third kappa shape index (κ3) is 4.57. The molecule has 3 heterocycles. The molecule has 1 aliphatic rings. The number of benzene rings is 1. The molecule has 0 aliphatic carbocycles. The molecule has 34 heavy (non-hydrogen) atoms. The van der Waals surface area contributed by atoms with Crippen LogP contribution in [0.1, 0.15) is 43.1 Å². The Hall–Kier alpha value is -3.94. The Morgan fingerprint density at radius 2 is 1.91 bits per heavy atom. The molecule has 0 unspecified atom stereocenters. The average Bonchev–Trinajstić information content (AvgIpc) is 3.08. The van der Waals surface area contributed by atoms with Crippen molar-refractivity contribution in [1.29, 1.82) is 0 Å². The minimum absolute atomic E-state index is 0.0882. The number of fused-ring (bicyclic) bond motifs is 1. The van der Waals surface area contributed by atoms with Gasteiger partial charge in [-0.05, 0) is 37.1 Å². The third-order valence-corrected chi connectivity index (χ3v) is 6.22. The van der Waals surface area contributed by atoms with Crippen molar-refractivity contribution in [3.8, 4) is 5.75 Å². The Morgan fingerprint density at radius 1 is 1.09 bits per heavy atom. The molecule has 0 radical (unpaired) electrons. The maximum absolute atomic E-state index is 13.3. The highest BCUT2D eigenvalue weighted by Crippen LogP contribution is 2.25. The molecule has 1 aliphatic heterocycles. The zero-order valence-electron chi connectivity index (χ0n) is 19.5. The van der Waals surface area contributed by atoms with Gasteiger partial charge in [0.25, 0.3) is 11.5 Å². The largest absolute Gasteiger partial charge is 0.488 e. The summed E-state index contributed by atoms with van der Waals surface area (Å²) < 4.78 is 12.4. The predicted molar refractivity (Wildman–Crippen MR) is 126 cm³/mol. The van der Waals surface area contributed by atoms with Crippen molar-refractivity contribution in [2.24, 2.45) is 0 Å². The van der Waals surface area contributed by atoms with Crippen LogP contribution in [0.5, 0.6) is 5.75 Å². The maximum atomic E-state index is 13.3. The second kappa shape index (κ2) is 9.91. The van der Waals surface area contributed by atoms with Gasteiger partial charge in [-0.2, -0.15) is 0 Å². The predicted octanol–water partition coefficient (Wildman–Crippen LogP) is 2.92. The molecule has 2 aromatic heterocycles. The number of hydrogen-bond donors (Lipinski definition) is 0. The van der Waals surface area contributed by atoms with E-state index in [1.165, 1.54) is 13.2 Å². The fourth-order valence-corrected chi connectivity index (χ4v) is 4.19. The Kier molecular flexibility index (Phi) is 6.77. The Morgan fingerprint density at radius 3 is 2.65 bits per heavy atom. The molecule has 0 saturated heterocycles. The molecule has 0 N–H and O–H groups in total. The first-order valence-electron chi connectivity index (χ1n) is 11.1. The number of aromatic nitrogens is 2. The summed E-state index contributed by atoms with van der Waals surface area (Å²) in [7, 11) is 1.29. The highest BCUT2D eigenvalue weighted by molar-refractivity contribution is 5.96. The van der Waals surface area contributed by atoms with Gasteiger partial charge in [-0.1, -0.05) is 18.2 Å². The van der Waals surface area contributed by atoms with E-state index in [4.69, 9.17) is 9.47 Å². The fourth-order valence-electron chi connectivity index (χ4n) is 4.19. The van der Waals surface area contributed by atoms with Gasteiger partial charge in [-0.3, -0.25) is 14.6 Å². The van der Waals surface area contributed by atoms with Gasteiger partial charge in [-0.25, -0.2) is 4.79 Å². The topological polar surface area (TPSA) is 90.7 Å². The Bertz CT molecular complexity index is 1280. The van der Waals surface area contributed by atoms with Gasteiger partial charge in [0.1, 0.15) is 17.9 Å². The van der Waals surface area contributed by atoms with Crippen LogP contribution in [0, 0.1) is 13.8 Å². The molecule has 8 nitrogen and oxygen atoms in total. The molecule has 1 aromatic carbocycles. The summed E-state index contributed by atoms with van der Waals surface area (Å²) in [5, 5.41) is 0. The number of rotatable bonds is 5. The van der Waals surface area contributed by atoms with Crippen LogP contribution in [-0.4, -0.2) is 46.5 Å².